The van der Waals surface area contributed by atoms with Crippen molar-refractivity contribution in [2.24, 2.45) is 0 Å². The predicted octanol–water partition coefficient (Wildman–Crippen LogP) is 1.79. The van der Waals surface area contributed by atoms with Crippen LogP contribution in [0, 0.1) is 11.3 Å². The Hall–Kier alpha value is -0.670. The van der Waals surface area contributed by atoms with E-state index in [2.05, 4.69) is 23.2 Å². The van der Waals surface area contributed by atoms with Crippen LogP contribution in [0.5, 0.6) is 0 Å². The minimum absolute atomic E-state index is 0.338. The number of methoxy groups -OCH3 is 2. The fourth-order valence-electron chi connectivity index (χ4n) is 2.52. The van der Waals surface area contributed by atoms with Crippen molar-refractivity contribution in [3.8, 4) is 6.07 Å². The van der Waals surface area contributed by atoms with Crippen LogP contribution in [-0.4, -0.2) is 63.5 Å². The lowest BCUT2D eigenvalue weighted by Crippen LogP contribution is -2.45. The molecule has 0 aliphatic heterocycles. The monoisotopic (exact) mass is 297 g/mol. The minimum Gasteiger partial charge on any atom is -0.383 e. The van der Waals surface area contributed by atoms with E-state index in [1.165, 1.54) is 12.8 Å². The van der Waals surface area contributed by atoms with Crippen LogP contribution in [0.15, 0.2) is 0 Å². The summed E-state index contributed by atoms with van der Waals surface area (Å²) in [4.78, 5) is 2.35. The molecule has 1 unspecified atom stereocenters. The standard InChI is InChI=1S/C16H31N3O2/c1-4-16(14-17,18-15-6-7-15)8-5-9-19(10-12-20-2)11-13-21-3/h15,18H,4-13H2,1-3H3. The lowest BCUT2D eigenvalue weighted by molar-refractivity contribution is 0.111. The number of nitriles is 1. The Morgan fingerprint density at radius 1 is 1.19 bits per heavy atom. The van der Waals surface area contributed by atoms with Crippen molar-refractivity contribution < 1.29 is 9.47 Å². The Bertz CT molecular complexity index is 307. The van der Waals surface area contributed by atoms with E-state index in [4.69, 9.17) is 9.47 Å². The van der Waals surface area contributed by atoms with Crippen LogP contribution < -0.4 is 5.32 Å². The van der Waals surface area contributed by atoms with Gasteiger partial charge in [0.1, 0.15) is 5.54 Å². The molecule has 0 heterocycles. The third-order valence-corrected chi connectivity index (χ3v) is 4.18. The molecule has 0 amide bonds. The molecule has 1 saturated carbocycles. The van der Waals surface area contributed by atoms with Crippen molar-refractivity contribution >= 4 is 0 Å². The maximum Gasteiger partial charge on any atom is 0.106 e. The first-order chi connectivity index (χ1) is 10.2. The van der Waals surface area contributed by atoms with Crippen LogP contribution in [-0.2, 0) is 9.47 Å². The summed E-state index contributed by atoms with van der Waals surface area (Å²) in [5.41, 5.74) is -0.338. The van der Waals surface area contributed by atoms with Gasteiger partial charge >= 0.3 is 0 Å². The summed E-state index contributed by atoms with van der Waals surface area (Å²) >= 11 is 0. The van der Waals surface area contributed by atoms with Gasteiger partial charge in [-0.1, -0.05) is 6.92 Å². The van der Waals surface area contributed by atoms with Crippen molar-refractivity contribution in [2.45, 2.75) is 50.6 Å². The summed E-state index contributed by atoms with van der Waals surface area (Å²) in [6.45, 7) is 6.40. The second kappa shape index (κ2) is 10.1. The Kier molecular flexibility index (Phi) is 8.86. The van der Waals surface area contributed by atoms with Gasteiger partial charge in [0, 0.05) is 33.4 Å². The van der Waals surface area contributed by atoms with Gasteiger partial charge in [-0.25, -0.2) is 0 Å². The molecule has 0 radical (unpaired) electrons. The fraction of sp³-hybridized carbons (Fsp3) is 0.938. The van der Waals surface area contributed by atoms with Gasteiger partial charge in [-0.2, -0.15) is 5.26 Å². The Labute approximate surface area is 129 Å². The van der Waals surface area contributed by atoms with Crippen LogP contribution in [0.4, 0.5) is 0 Å². The number of ether oxygens (including phenoxy) is 2. The third-order valence-electron chi connectivity index (χ3n) is 4.18. The largest absolute Gasteiger partial charge is 0.383 e. The molecule has 0 spiro atoms. The first-order valence-corrected chi connectivity index (χ1v) is 8.09. The second-order valence-electron chi connectivity index (χ2n) is 5.90. The van der Waals surface area contributed by atoms with E-state index in [0.717, 1.165) is 52.1 Å². The van der Waals surface area contributed by atoms with Crippen molar-refractivity contribution in [3.05, 3.63) is 0 Å². The molecule has 1 fully saturated rings. The first-order valence-electron chi connectivity index (χ1n) is 8.09. The smallest absolute Gasteiger partial charge is 0.106 e. The zero-order valence-electron chi connectivity index (χ0n) is 13.9. The molecule has 122 valence electrons. The molecule has 1 atom stereocenters. The molecule has 1 rings (SSSR count). The highest BCUT2D eigenvalue weighted by molar-refractivity contribution is 5.09. The molecule has 5 nitrogen and oxygen atoms in total. The Balaban J connectivity index is 2.36. The number of nitrogens with zero attached hydrogens (tertiary/aromatic N) is 2. The maximum atomic E-state index is 9.54. The molecular weight excluding hydrogens is 266 g/mol. The van der Waals surface area contributed by atoms with E-state index in [9.17, 15) is 5.26 Å². The highest BCUT2D eigenvalue weighted by Gasteiger charge is 2.34. The highest BCUT2D eigenvalue weighted by Crippen LogP contribution is 2.26. The summed E-state index contributed by atoms with van der Waals surface area (Å²) in [6.07, 6.45) is 5.24. The molecule has 0 saturated heterocycles. The van der Waals surface area contributed by atoms with E-state index in [1.807, 2.05) is 0 Å². The molecule has 1 aliphatic rings. The zero-order chi connectivity index (χ0) is 15.6. The molecule has 1 aliphatic carbocycles. The highest BCUT2D eigenvalue weighted by atomic mass is 16.5. The van der Waals surface area contributed by atoms with Crippen LogP contribution in [0.2, 0.25) is 0 Å². The third kappa shape index (κ3) is 7.23. The quantitative estimate of drug-likeness (QED) is 0.561. The van der Waals surface area contributed by atoms with Crippen LogP contribution >= 0.6 is 0 Å². The number of hydrogen-bond donors (Lipinski definition) is 1. The number of nitrogens with one attached hydrogen (secondary N) is 1. The van der Waals surface area contributed by atoms with Gasteiger partial charge in [-0.3, -0.25) is 10.2 Å². The van der Waals surface area contributed by atoms with E-state index < -0.39 is 0 Å². The van der Waals surface area contributed by atoms with Crippen LogP contribution in [0.3, 0.4) is 0 Å². The summed E-state index contributed by atoms with van der Waals surface area (Å²) < 4.78 is 10.3. The molecule has 1 N–H and O–H groups in total. The van der Waals surface area contributed by atoms with Crippen molar-refractivity contribution in [3.63, 3.8) is 0 Å². The van der Waals surface area contributed by atoms with Gasteiger partial charge in [0.2, 0.25) is 0 Å². The Morgan fingerprint density at radius 3 is 2.24 bits per heavy atom. The van der Waals surface area contributed by atoms with Gasteiger partial charge in [-0.05, 0) is 38.6 Å². The number of rotatable bonds is 13. The normalized spacial score (nSPS) is 17.7. The molecule has 5 heteroatoms. The van der Waals surface area contributed by atoms with Crippen LogP contribution in [0.1, 0.15) is 39.0 Å². The van der Waals surface area contributed by atoms with Crippen LogP contribution in [0.25, 0.3) is 0 Å². The van der Waals surface area contributed by atoms with Gasteiger partial charge in [0.25, 0.3) is 0 Å². The molecule has 0 aromatic carbocycles. The lowest BCUT2D eigenvalue weighted by atomic mass is 9.91. The summed E-state index contributed by atoms with van der Waals surface area (Å²) in [6, 6.07) is 3.09. The zero-order valence-corrected chi connectivity index (χ0v) is 13.9. The van der Waals surface area contributed by atoms with Gasteiger partial charge < -0.3 is 9.47 Å². The van der Waals surface area contributed by atoms with Crippen molar-refractivity contribution in [2.75, 3.05) is 47.1 Å². The fourth-order valence-corrected chi connectivity index (χ4v) is 2.52. The average molecular weight is 297 g/mol. The van der Waals surface area contributed by atoms with E-state index in [-0.39, 0.29) is 5.54 Å². The summed E-state index contributed by atoms with van der Waals surface area (Å²) in [5, 5.41) is 13.1. The molecule has 0 aromatic rings. The van der Waals surface area contributed by atoms with Crippen molar-refractivity contribution in [1.82, 2.24) is 10.2 Å². The maximum absolute atomic E-state index is 9.54. The van der Waals surface area contributed by atoms with Crippen molar-refractivity contribution in [1.29, 1.82) is 5.26 Å². The molecular formula is C16H31N3O2. The van der Waals surface area contributed by atoms with Gasteiger partial charge in [0.15, 0.2) is 0 Å². The lowest BCUT2D eigenvalue weighted by Gasteiger charge is -2.28. The number of hydrogen-bond acceptors (Lipinski definition) is 5. The van der Waals surface area contributed by atoms with Gasteiger partial charge in [0.05, 0.1) is 19.3 Å². The molecule has 0 bridgehead atoms. The van der Waals surface area contributed by atoms with E-state index in [1.54, 1.807) is 14.2 Å². The Morgan fingerprint density at radius 2 is 1.81 bits per heavy atom. The molecule has 0 aromatic heterocycles. The topological polar surface area (TPSA) is 57.5 Å². The summed E-state index contributed by atoms with van der Waals surface area (Å²) in [7, 11) is 3.46. The molecule has 21 heavy (non-hydrogen) atoms. The summed E-state index contributed by atoms with van der Waals surface area (Å²) in [5.74, 6) is 0. The van der Waals surface area contributed by atoms with E-state index in [0.29, 0.717) is 6.04 Å². The average Bonchev–Trinajstić information content (AvgIpc) is 3.32. The second-order valence-corrected chi connectivity index (χ2v) is 5.90. The van der Waals surface area contributed by atoms with Gasteiger partial charge in [-0.15, -0.1) is 0 Å². The predicted molar refractivity (Wildman–Crippen MR) is 84.2 cm³/mol. The SMILES string of the molecule is CCC(C#N)(CCCN(CCOC)CCOC)NC1CC1. The van der Waals surface area contributed by atoms with E-state index >= 15 is 0 Å². The minimum atomic E-state index is -0.338. The first kappa shape index (κ1) is 18.4.